The number of nitrogens with zero attached hydrogens (tertiary/aromatic N) is 9. The van der Waals surface area contributed by atoms with E-state index in [1.54, 1.807) is 70.1 Å². The van der Waals surface area contributed by atoms with E-state index >= 15 is 0 Å². The number of rotatable bonds is 9. The quantitative estimate of drug-likeness (QED) is 0.130. The summed E-state index contributed by atoms with van der Waals surface area (Å²) in [7, 11) is 0. The molecule has 0 N–H and O–H groups in total. The molecule has 0 saturated carbocycles. The first-order valence-electron chi connectivity index (χ1n) is 33.8. The molecule has 15 rings (SSSR count). The van der Waals surface area contributed by atoms with Crippen LogP contribution in [-0.2, 0) is 14.2 Å². The minimum atomic E-state index is -0.179. The highest BCUT2D eigenvalue weighted by atomic mass is 35.5. The molecule has 510 valence electrons. The first-order chi connectivity index (χ1) is 49.3. The van der Waals surface area contributed by atoms with E-state index < -0.39 is 0 Å². The summed E-state index contributed by atoms with van der Waals surface area (Å²) in [6.07, 6.45) is 6.18. The van der Waals surface area contributed by atoms with E-state index in [4.69, 9.17) is 68.7 Å². The van der Waals surface area contributed by atoms with Gasteiger partial charge in [-0.25, -0.2) is 14.5 Å². The maximum Gasteiger partial charge on any atom is 0.263 e. The van der Waals surface area contributed by atoms with Crippen molar-refractivity contribution >= 4 is 101 Å². The van der Waals surface area contributed by atoms with Crippen LogP contribution in [0.2, 0.25) is 15.1 Å². The molecule has 3 saturated heterocycles. The summed E-state index contributed by atoms with van der Waals surface area (Å²) in [4.78, 5) is 57.5. The third-order valence-corrected chi connectivity index (χ3v) is 19.6. The number of ether oxygens (including phenoxy) is 3. The lowest BCUT2D eigenvalue weighted by molar-refractivity contribution is -0.00548. The summed E-state index contributed by atoms with van der Waals surface area (Å²) in [5.41, 5.74) is 12.3. The number of anilines is 3. The molecule has 3 aliphatic heterocycles. The highest BCUT2D eigenvalue weighted by Gasteiger charge is 2.27. The molecule has 15 nitrogen and oxygen atoms in total. The fourth-order valence-electron chi connectivity index (χ4n) is 14.2. The van der Waals surface area contributed by atoms with Crippen LogP contribution in [0.25, 0.3) is 97.3 Å². The van der Waals surface area contributed by atoms with Crippen LogP contribution in [0.1, 0.15) is 41.5 Å². The molecule has 0 amide bonds. The molecule has 6 heterocycles. The van der Waals surface area contributed by atoms with Crippen LogP contribution in [0.5, 0.6) is 0 Å². The first-order valence-corrected chi connectivity index (χ1v) is 34.9. The van der Waals surface area contributed by atoms with Gasteiger partial charge in [-0.3, -0.25) is 28.1 Å². The van der Waals surface area contributed by atoms with Crippen molar-refractivity contribution in [2.75, 3.05) is 54.0 Å². The molecule has 12 aromatic rings. The number of hydrogen-bond donors (Lipinski definition) is 0. The fourth-order valence-corrected chi connectivity index (χ4v) is 15.1. The zero-order valence-corrected chi connectivity index (χ0v) is 59.4. The van der Waals surface area contributed by atoms with Crippen molar-refractivity contribution in [2.45, 2.75) is 78.2 Å². The molecule has 3 aliphatic rings. The lowest BCUT2D eigenvalue weighted by Crippen LogP contribution is -2.45. The topological polar surface area (TPSA) is 116 Å². The van der Waals surface area contributed by atoms with Crippen molar-refractivity contribution in [1.29, 1.82) is 0 Å². The van der Waals surface area contributed by atoms with Crippen LogP contribution in [-0.4, -0.2) is 89.6 Å². The van der Waals surface area contributed by atoms with E-state index in [-0.39, 0.29) is 53.3 Å². The molecule has 0 radical (unpaired) electrons. The number of morpholine rings is 3. The SMILES string of the molecule is [C-]#[N+]c1ccc(-c2cccc3c(=O)n(-c4ccc(N5C[C@@H](C)O[C@@H](C)C5)c(Cl)c4)cc(Cl)c23)cc1.[C-]#[N+]c1ccc(-c2cccc3c(=O)n(-c4ccc(N5C[C@@H](C)O[C@@H](C)C5)c(Cl)c4)ccc23)cc1.[C-]#[N+]c1ccc(-c2cccc3c(=O)n(-c4ccc(N5C[C@@H](C)O[C@@H](C)C5)cc4)ccc23)cc1. The van der Waals surface area contributed by atoms with Crippen molar-refractivity contribution in [2.24, 2.45) is 0 Å². The van der Waals surface area contributed by atoms with Gasteiger partial charge in [0, 0.05) is 90.8 Å². The van der Waals surface area contributed by atoms with Crippen molar-refractivity contribution in [1.82, 2.24) is 13.7 Å². The number of benzene rings is 9. The molecule has 9 aromatic carbocycles. The Labute approximate surface area is 607 Å². The Morgan fingerprint density at radius 2 is 0.676 bits per heavy atom. The average molecular weight is 1410 g/mol. The van der Waals surface area contributed by atoms with Crippen LogP contribution >= 0.6 is 34.8 Å². The smallest absolute Gasteiger partial charge is 0.263 e. The summed E-state index contributed by atoms with van der Waals surface area (Å²) in [6, 6.07) is 62.8. The predicted octanol–water partition coefficient (Wildman–Crippen LogP) is 19.4. The Kier molecular flexibility index (Phi) is 20.6. The van der Waals surface area contributed by atoms with Gasteiger partial charge in [-0.1, -0.05) is 144 Å². The standard InChI is InChI=1S/C28H23Cl2N3O2.C28H24ClN3O2.C28H25N3O2/c1-17-14-32(15-18(2)35-17)26-12-11-21(13-24(26)29)33-16-25(30)27-22(5-4-6-23(27)28(33)34)19-7-9-20(31-3)10-8-19;1-18-16-31(17-19(2)34-18)27-12-11-22(15-26(27)29)32-14-13-24-23(5-4-6-25(24)28(32)33)20-7-9-21(30-3)10-8-20;1-19-17-30(18-20(2)33-19)23-11-13-24(14-12-23)31-16-15-26-25(5-4-6-27(26)28(31)32)21-7-9-22(29-3)10-8-21/h4-13,16-18H,14-15H2,1-2H3;4-15,18-19H,16-17H2,1-2H3;4-16,19-20H,17-18H2,1-2H3/t17-,18+;18-,19+;19-,20+. The van der Waals surface area contributed by atoms with Gasteiger partial charge in [-0.15, -0.1) is 0 Å². The molecule has 3 aromatic heterocycles. The van der Waals surface area contributed by atoms with E-state index in [9.17, 15) is 14.4 Å². The van der Waals surface area contributed by atoms with Crippen LogP contribution < -0.4 is 31.4 Å². The average Bonchev–Trinajstić information content (AvgIpc) is 0.769. The monoisotopic (exact) mass is 1410 g/mol. The second-order valence-corrected chi connectivity index (χ2v) is 27.4. The molecule has 0 bridgehead atoms. The normalized spacial score (nSPS) is 18.1. The maximum absolute atomic E-state index is 13.5. The van der Waals surface area contributed by atoms with E-state index in [2.05, 4.69) is 82.9 Å². The van der Waals surface area contributed by atoms with E-state index in [1.807, 2.05) is 146 Å². The van der Waals surface area contributed by atoms with Crippen LogP contribution in [0.15, 0.2) is 233 Å². The van der Waals surface area contributed by atoms with Gasteiger partial charge in [-0.2, -0.15) is 0 Å². The Hall–Kier alpha value is -10.8. The van der Waals surface area contributed by atoms with Crippen LogP contribution in [0.4, 0.5) is 34.1 Å². The minimum Gasteiger partial charge on any atom is -0.372 e. The molecule has 18 heteroatoms. The second-order valence-electron chi connectivity index (χ2n) is 26.1. The van der Waals surface area contributed by atoms with Crippen molar-refractivity contribution in [3.05, 3.63) is 299 Å². The summed E-state index contributed by atoms with van der Waals surface area (Å²) in [6.45, 7) is 38.7. The van der Waals surface area contributed by atoms with Gasteiger partial charge in [0.25, 0.3) is 16.7 Å². The van der Waals surface area contributed by atoms with Gasteiger partial charge in [-0.05, 0) is 177 Å². The number of halogens is 3. The van der Waals surface area contributed by atoms with Crippen molar-refractivity contribution in [3.63, 3.8) is 0 Å². The number of aromatic nitrogens is 3. The molecule has 102 heavy (non-hydrogen) atoms. The van der Waals surface area contributed by atoms with Crippen molar-refractivity contribution < 1.29 is 14.2 Å². The van der Waals surface area contributed by atoms with Gasteiger partial charge in [0.05, 0.1) is 94.2 Å². The maximum atomic E-state index is 13.5. The minimum absolute atomic E-state index is 0.0477. The zero-order chi connectivity index (χ0) is 71.5. The molecule has 3 fully saturated rings. The summed E-state index contributed by atoms with van der Waals surface area (Å²) < 4.78 is 22.4. The van der Waals surface area contributed by atoms with Gasteiger partial charge in [0.15, 0.2) is 17.1 Å². The number of hydrogen-bond acceptors (Lipinski definition) is 9. The molecule has 0 spiro atoms. The first kappa shape index (κ1) is 69.7. The summed E-state index contributed by atoms with van der Waals surface area (Å²) in [5, 5.41) is 5.92. The van der Waals surface area contributed by atoms with Crippen LogP contribution in [0, 0.1) is 19.7 Å². The Morgan fingerprint density at radius 3 is 1.08 bits per heavy atom. The lowest BCUT2D eigenvalue weighted by atomic mass is 9.99. The van der Waals surface area contributed by atoms with E-state index in [0.717, 1.165) is 112 Å². The zero-order valence-electron chi connectivity index (χ0n) is 57.1. The van der Waals surface area contributed by atoms with Gasteiger partial charge in [0.2, 0.25) is 0 Å². The highest BCUT2D eigenvalue weighted by molar-refractivity contribution is 6.36. The summed E-state index contributed by atoms with van der Waals surface area (Å²) in [5.74, 6) is 0. The molecule has 0 unspecified atom stereocenters. The van der Waals surface area contributed by atoms with Gasteiger partial charge >= 0.3 is 0 Å². The number of pyridine rings is 3. The second kappa shape index (κ2) is 30.2. The third kappa shape index (κ3) is 14.7. The Morgan fingerprint density at radius 1 is 0.343 bits per heavy atom. The van der Waals surface area contributed by atoms with Gasteiger partial charge in [0.1, 0.15) is 0 Å². The van der Waals surface area contributed by atoms with Crippen molar-refractivity contribution in [3.8, 4) is 50.4 Å². The molecule has 6 atom stereocenters. The fraction of sp³-hybridized carbons (Fsp3) is 0.214. The molecular weight excluding hydrogens is 1340 g/mol. The predicted molar refractivity (Wildman–Crippen MR) is 415 cm³/mol. The van der Waals surface area contributed by atoms with E-state index in [0.29, 0.717) is 59.4 Å². The highest BCUT2D eigenvalue weighted by Crippen LogP contribution is 2.38. The number of fused-ring (bicyclic) bond motifs is 3. The molecular formula is C84H72Cl3N9O6. The van der Waals surface area contributed by atoms with Crippen LogP contribution in [0.3, 0.4) is 0 Å². The Bertz CT molecular complexity index is 5440. The third-order valence-electron chi connectivity index (χ3n) is 18.7. The lowest BCUT2D eigenvalue weighted by Gasteiger charge is -2.37. The largest absolute Gasteiger partial charge is 0.372 e. The van der Waals surface area contributed by atoms with Gasteiger partial charge < -0.3 is 28.9 Å². The Balaban J connectivity index is 0.000000137. The summed E-state index contributed by atoms with van der Waals surface area (Å²) >= 11 is 20.1. The van der Waals surface area contributed by atoms with E-state index in [1.165, 1.54) is 4.57 Å². The molecule has 0 aliphatic carbocycles.